The van der Waals surface area contributed by atoms with Crippen molar-refractivity contribution in [2.45, 2.75) is 183 Å². The molecule has 0 saturated heterocycles. The van der Waals surface area contributed by atoms with Crippen LogP contribution >= 0.6 is 0 Å². The average Bonchev–Trinajstić information content (AvgIpc) is 2.88. The molecule has 0 unspecified atom stereocenters. The molecule has 0 heterocycles. The van der Waals surface area contributed by atoms with Crippen molar-refractivity contribution in [3.8, 4) is 0 Å². The Morgan fingerprint density at radius 2 is 0.842 bits per heavy atom. The van der Waals surface area contributed by atoms with Gasteiger partial charge >= 0.3 is 11.9 Å². The van der Waals surface area contributed by atoms with E-state index in [2.05, 4.69) is 34.6 Å². The lowest BCUT2D eigenvalue weighted by Gasteiger charge is -2.06. The fourth-order valence-electron chi connectivity index (χ4n) is 4.32. The Morgan fingerprint density at radius 3 is 1.26 bits per heavy atom. The summed E-state index contributed by atoms with van der Waals surface area (Å²) in [7, 11) is 0. The molecular weight excluding hydrogens is 472 g/mol. The lowest BCUT2D eigenvalue weighted by molar-refractivity contribution is -0.144. The van der Waals surface area contributed by atoms with Crippen molar-refractivity contribution in [2.75, 3.05) is 13.2 Å². The first-order chi connectivity index (χ1) is 18.3. The van der Waals surface area contributed by atoms with E-state index in [0.717, 1.165) is 50.4 Å². The molecule has 38 heavy (non-hydrogen) atoms. The van der Waals surface area contributed by atoms with Gasteiger partial charge in [-0.2, -0.15) is 0 Å². The normalized spacial score (nSPS) is 10.9. The van der Waals surface area contributed by atoms with E-state index in [9.17, 15) is 9.59 Å². The molecular formula is C34H68O4. The Bertz CT molecular complexity index is 487. The highest BCUT2D eigenvalue weighted by atomic mass is 16.5. The summed E-state index contributed by atoms with van der Waals surface area (Å²) in [5.41, 5.74) is 0. The van der Waals surface area contributed by atoms with E-state index in [-0.39, 0.29) is 11.9 Å². The Hall–Kier alpha value is -1.06. The van der Waals surface area contributed by atoms with Gasteiger partial charge in [-0.1, -0.05) is 151 Å². The fraction of sp³-hybridized carbons (Fsp3) is 0.941. The van der Waals surface area contributed by atoms with Gasteiger partial charge in [0, 0.05) is 12.8 Å². The van der Waals surface area contributed by atoms with Crippen LogP contribution in [-0.2, 0) is 19.1 Å². The van der Waals surface area contributed by atoms with Gasteiger partial charge in [0.2, 0.25) is 0 Å². The molecule has 0 spiro atoms. The second-order valence-corrected chi connectivity index (χ2v) is 11.9. The predicted molar refractivity (Wildman–Crippen MR) is 165 cm³/mol. The minimum atomic E-state index is -0.0905. The van der Waals surface area contributed by atoms with Crippen molar-refractivity contribution < 1.29 is 19.1 Å². The lowest BCUT2D eigenvalue weighted by atomic mass is 10.0. The van der Waals surface area contributed by atoms with E-state index in [4.69, 9.17) is 9.47 Å². The molecule has 0 aromatic carbocycles. The topological polar surface area (TPSA) is 52.6 Å². The molecule has 0 fully saturated rings. The molecule has 0 atom stereocenters. The molecule has 0 bridgehead atoms. The van der Waals surface area contributed by atoms with Crippen LogP contribution in [0.4, 0.5) is 0 Å². The lowest BCUT2D eigenvalue weighted by Crippen LogP contribution is -2.05. The van der Waals surface area contributed by atoms with Crippen LogP contribution in [0, 0.1) is 11.8 Å². The second-order valence-electron chi connectivity index (χ2n) is 11.9. The summed E-state index contributed by atoms with van der Waals surface area (Å²) < 4.78 is 10.4. The Balaban J connectivity index is 0. The van der Waals surface area contributed by atoms with Gasteiger partial charge in [0.25, 0.3) is 0 Å². The van der Waals surface area contributed by atoms with Crippen LogP contribution < -0.4 is 0 Å². The molecule has 4 heteroatoms. The number of ether oxygens (including phenoxy) is 2. The Labute approximate surface area is 238 Å². The number of carbonyl (C=O) groups excluding carboxylic acids is 2. The van der Waals surface area contributed by atoms with Gasteiger partial charge in [-0.25, -0.2) is 0 Å². The zero-order chi connectivity index (χ0) is 28.7. The first-order valence-electron chi connectivity index (χ1n) is 16.6. The van der Waals surface area contributed by atoms with Crippen molar-refractivity contribution in [3.05, 3.63) is 0 Å². The van der Waals surface area contributed by atoms with E-state index in [0.29, 0.717) is 26.1 Å². The summed E-state index contributed by atoms with van der Waals surface area (Å²) >= 11 is 0. The maximum absolute atomic E-state index is 11.7. The molecule has 228 valence electrons. The number of rotatable bonds is 26. The van der Waals surface area contributed by atoms with Crippen molar-refractivity contribution in [1.29, 1.82) is 0 Å². The maximum Gasteiger partial charge on any atom is 0.305 e. The predicted octanol–water partition coefficient (Wildman–Crippen LogP) is 11.0. The molecule has 0 aromatic heterocycles. The molecule has 0 aliphatic carbocycles. The quantitative estimate of drug-likeness (QED) is 0.0808. The largest absolute Gasteiger partial charge is 0.466 e. The first-order valence-corrected chi connectivity index (χ1v) is 16.6. The zero-order valence-corrected chi connectivity index (χ0v) is 26.8. The van der Waals surface area contributed by atoms with Crippen LogP contribution in [0.15, 0.2) is 0 Å². The molecule has 0 radical (unpaired) electrons. The van der Waals surface area contributed by atoms with Gasteiger partial charge in [-0.05, 0) is 31.1 Å². The SMILES string of the molecule is CCC(=O)OCCCCCCCCCCCCOC(=O)CCCCCCC(C)C.CCCCCCC(C)C. The summed E-state index contributed by atoms with van der Waals surface area (Å²) in [4.78, 5) is 22.7. The number of esters is 2. The van der Waals surface area contributed by atoms with Crippen LogP contribution in [0.25, 0.3) is 0 Å². The minimum absolute atomic E-state index is 0.0154. The summed E-state index contributed by atoms with van der Waals surface area (Å²) in [6.45, 7) is 14.4. The van der Waals surface area contributed by atoms with Crippen molar-refractivity contribution >= 4 is 11.9 Å². The van der Waals surface area contributed by atoms with Crippen molar-refractivity contribution in [1.82, 2.24) is 0 Å². The summed E-state index contributed by atoms with van der Waals surface area (Å²) in [6.07, 6.45) is 26.0. The molecule has 0 N–H and O–H groups in total. The van der Waals surface area contributed by atoms with Crippen molar-refractivity contribution in [3.63, 3.8) is 0 Å². The van der Waals surface area contributed by atoms with Gasteiger partial charge in [-0.3, -0.25) is 9.59 Å². The number of carbonyl (C=O) groups is 2. The van der Waals surface area contributed by atoms with E-state index in [1.807, 2.05) is 6.92 Å². The van der Waals surface area contributed by atoms with Crippen molar-refractivity contribution in [2.24, 2.45) is 11.8 Å². The monoisotopic (exact) mass is 541 g/mol. The third-order valence-electron chi connectivity index (χ3n) is 6.90. The van der Waals surface area contributed by atoms with Crippen LogP contribution in [0.1, 0.15) is 183 Å². The molecule has 4 nitrogen and oxygen atoms in total. The second kappa shape index (κ2) is 32.2. The highest BCUT2D eigenvalue weighted by molar-refractivity contribution is 5.69. The summed E-state index contributed by atoms with van der Waals surface area (Å²) in [5.74, 6) is 1.59. The Kier molecular flexibility index (Phi) is 33.1. The van der Waals surface area contributed by atoms with E-state index in [1.165, 1.54) is 89.9 Å². The summed E-state index contributed by atoms with van der Waals surface area (Å²) in [5, 5.41) is 0. The fourth-order valence-corrected chi connectivity index (χ4v) is 4.32. The molecule has 0 aromatic rings. The third kappa shape index (κ3) is 37.1. The van der Waals surface area contributed by atoms with Gasteiger partial charge in [0.15, 0.2) is 0 Å². The summed E-state index contributed by atoms with van der Waals surface area (Å²) in [6, 6.07) is 0. The van der Waals surface area contributed by atoms with E-state index < -0.39 is 0 Å². The van der Waals surface area contributed by atoms with Crippen LogP contribution in [0.5, 0.6) is 0 Å². The molecule has 0 saturated carbocycles. The highest BCUT2D eigenvalue weighted by Gasteiger charge is 2.03. The van der Waals surface area contributed by atoms with Gasteiger partial charge < -0.3 is 9.47 Å². The first kappa shape index (κ1) is 39.1. The molecule has 0 amide bonds. The average molecular weight is 541 g/mol. The number of hydrogen-bond acceptors (Lipinski definition) is 4. The number of hydrogen-bond donors (Lipinski definition) is 0. The molecule has 0 aliphatic rings. The van der Waals surface area contributed by atoms with Crippen LogP contribution in [0.3, 0.4) is 0 Å². The van der Waals surface area contributed by atoms with Gasteiger partial charge in [0.05, 0.1) is 13.2 Å². The van der Waals surface area contributed by atoms with E-state index in [1.54, 1.807) is 0 Å². The van der Waals surface area contributed by atoms with Gasteiger partial charge in [-0.15, -0.1) is 0 Å². The smallest absolute Gasteiger partial charge is 0.305 e. The standard InChI is InChI=1S/C25H48O4.C9H20/c1-4-24(26)28-21-17-13-9-7-5-6-8-10-14-18-22-29-25(27)20-16-12-11-15-19-23(2)3;1-4-5-6-7-8-9(2)3/h23H,4-22H2,1-3H3;9H,4-8H2,1-3H3. The van der Waals surface area contributed by atoms with Crippen LogP contribution in [-0.4, -0.2) is 25.2 Å². The van der Waals surface area contributed by atoms with E-state index >= 15 is 0 Å². The minimum Gasteiger partial charge on any atom is -0.466 e. The highest BCUT2D eigenvalue weighted by Crippen LogP contribution is 2.13. The zero-order valence-electron chi connectivity index (χ0n) is 26.8. The maximum atomic E-state index is 11.7. The van der Waals surface area contributed by atoms with Crippen LogP contribution in [0.2, 0.25) is 0 Å². The molecule has 0 rings (SSSR count). The third-order valence-corrected chi connectivity index (χ3v) is 6.90. The Morgan fingerprint density at radius 1 is 0.474 bits per heavy atom. The number of unbranched alkanes of at least 4 members (excludes halogenated alkanes) is 15. The molecule has 0 aliphatic heterocycles. The van der Waals surface area contributed by atoms with Gasteiger partial charge in [0.1, 0.15) is 0 Å².